The minimum Gasteiger partial charge on any atom is -0.493 e. The van der Waals surface area contributed by atoms with E-state index in [2.05, 4.69) is 26.1 Å². The number of nitrogens with zero attached hydrogens (tertiary/aromatic N) is 4. The Morgan fingerprint density at radius 2 is 1.56 bits per heavy atom. The molecule has 8 nitrogen and oxygen atoms in total. The van der Waals surface area contributed by atoms with E-state index >= 15 is 4.79 Å². The van der Waals surface area contributed by atoms with Crippen molar-refractivity contribution in [2.45, 2.75) is 83.8 Å². The number of likely N-dealkylation sites (tertiary alicyclic amines) is 1. The van der Waals surface area contributed by atoms with Crippen LogP contribution in [0.25, 0.3) is 0 Å². The summed E-state index contributed by atoms with van der Waals surface area (Å²) in [5.74, 6) is 0.623. The highest BCUT2D eigenvalue weighted by atomic mass is 35.5. The Balaban J connectivity index is 1.37. The molecule has 1 saturated heterocycles. The van der Waals surface area contributed by atoms with Crippen molar-refractivity contribution in [2.24, 2.45) is 10.9 Å². The van der Waals surface area contributed by atoms with E-state index in [-0.39, 0.29) is 35.6 Å². The van der Waals surface area contributed by atoms with Crippen LogP contribution < -0.4 is 10.1 Å². The van der Waals surface area contributed by atoms with Crippen molar-refractivity contribution in [3.8, 4) is 5.75 Å². The quantitative estimate of drug-likeness (QED) is 0.184. The molecule has 1 N–H and O–H groups in total. The lowest BCUT2D eigenvalue weighted by Crippen LogP contribution is -2.59. The lowest BCUT2D eigenvalue weighted by Gasteiger charge is -2.47. The SMILES string of the molecule is CCOc1cc(C(C)(C)C)ncc1C1=N[C@@](C)(c2ccc(Cl)cc2)[C@@](C)(c2ccc(Cl)cc2)N1C(=O)N1CCC(CC(=O)NCc2ccccc2F)CC1. The van der Waals surface area contributed by atoms with E-state index in [9.17, 15) is 9.18 Å². The monoisotopic (exact) mass is 771 g/mol. The normalized spacial score (nSPS) is 20.5. The Hall–Kier alpha value is -4.47. The number of nitrogens with one attached hydrogen (secondary N) is 1. The van der Waals surface area contributed by atoms with Gasteiger partial charge < -0.3 is 15.0 Å². The maximum Gasteiger partial charge on any atom is 0.326 e. The van der Waals surface area contributed by atoms with Crippen LogP contribution in [0.5, 0.6) is 5.75 Å². The molecule has 0 aliphatic carbocycles. The van der Waals surface area contributed by atoms with E-state index in [0.717, 1.165) is 16.8 Å². The van der Waals surface area contributed by atoms with Gasteiger partial charge in [-0.05, 0) is 81.0 Å². The summed E-state index contributed by atoms with van der Waals surface area (Å²) in [6.45, 7) is 13.7. The Bertz CT molecular complexity index is 2030. The van der Waals surface area contributed by atoms with Crippen LogP contribution in [0.1, 0.15) is 88.8 Å². The van der Waals surface area contributed by atoms with Crippen molar-refractivity contribution in [3.63, 3.8) is 0 Å². The van der Waals surface area contributed by atoms with Crippen molar-refractivity contribution in [1.29, 1.82) is 0 Å². The molecule has 1 fully saturated rings. The van der Waals surface area contributed by atoms with Gasteiger partial charge in [0.25, 0.3) is 0 Å². The number of hydrogen-bond donors (Lipinski definition) is 1. The average molecular weight is 773 g/mol. The molecule has 4 aromatic rings. The molecule has 284 valence electrons. The fourth-order valence-corrected chi connectivity index (χ4v) is 7.75. The van der Waals surface area contributed by atoms with Gasteiger partial charge in [-0.2, -0.15) is 0 Å². The Morgan fingerprint density at radius 1 is 0.944 bits per heavy atom. The number of ether oxygens (including phenoxy) is 1. The summed E-state index contributed by atoms with van der Waals surface area (Å²) in [6, 6.07) is 23.3. The highest BCUT2D eigenvalue weighted by molar-refractivity contribution is 6.30. The molecule has 54 heavy (non-hydrogen) atoms. The maximum absolute atomic E-state index is 15.3. The van der Waals surface area contributed by atoms with E-state index < -0.39 is 11.1 Å². The second-order valence-corrected chi connectivity index (χ2v) is 16.3. The van der Waals surface area contributed by atoms with Crippen LogP contribution in [0, 0.1) is 11.7 Å². The van der Waals surface area contributed by atoms with Crippen LogP contribution in [0.4, 0.5) is 9.18 Å². The molecular formula is C43H48Cl2FN5O3. The highest BCUT2D eigenvalue weighted by Gasteiger charge is 2.60. The summed E-state index contributed by atoms with van der Waals surface area (Å²) < 4.78 is 20.4. The highest BCUT2D eigenvalue weighted by Crippen LogP contribution is 2.54. The van der Waals surface area contributed by atoms with Gasteiger partial charge in [0.05, 0.1) is 12.2 Å². The number of amidine groups is 1. The zero-order valence-corrected chi connectivity index (χ0v) is 33.3. The van der Waals surface area contributed by atoms with Gasteiger partial charge in [0, 0.05) is 65.0 Å². The molecule has 0 radical (unpaired) electrons. The molecule has 2 atom stereocenters. The number of piperidine rings is 1. The number of amides is 3. The predicted molar refractivity (Wildman–Crippen MR) is 213 cm³/mol. The van der Waals surface area contributed by atoms with Crippen LogP contribution in [-0.4, -0.2) is 52.3 Å². The van der Waals surface area contributed by atoms with Gasteiger partial charge in [0.2, 0.25) is 5.91 Å². The second-order valence-electron chi connectivity index (χ2n) is 15.5. The molecule has 11 heteroatoms. The summed E-state index contributed by atoms with van der Waals surface area (Å²) in [5.41, 5.74) is 1.31. The van der Waals surface area contributed by atoms with Crippen molar-refractivity contribution in [2.75, 3.05) is 19.7 Å². The molecule has 0 bridgehead atoms. The fourth-order valence-electron chi connectivity index (χ4n) is 7.50. The van der Waals surface area contributed by atoms with Gasteiger partial charge in [-0.3, -0.25) is 19.7 Å². The smallest absolute Gasteiger partial charge is 0.326 e. The summed E-state index contributed by atoms with van der Waals surface area (Å²) >= 11 is 12.8. The van der Waals surface area contributed by atoms with E-state index in [1.165, 1.54) is 6.07 Å². The molecule has 0 unspecified atom stereocenters. The Labute approximate surface area is 327 Å². The fraction of sp³-hybridized carbons (Fsp3) is 0.395. The number of urea groups is 1. The summed E-state index contributed by atoms with van der Waals surface area (Å²) in [7, 11) is 0. The lowest BCUT2D eigenvalue weighted by atomic mass is 9.71. The summed E-state index contributed by atoms with van der Waals surface area (Å²) in [5, 5.41) is 4.03. The molecular weight excluding hydrogens is 724 g/mol. The number of aromatic nitrogens is 1. The van der Waals surface area contributed by atoms with Gasteiger partial charge in [-0.25, -0.2) is 9.18 Å². The molecule has 2 aliphatic rings. The van der Waals surface area contributed by atoms with Crippen molar-refractivity contribution < 1.29 is 18.7 Å². The minimum absolute atomic E-state index is 0.0714. The van der Waals surface area contributed by atoms with Crippen molar-refractivity contribution >= 4 is 41.0 Å². The molecule has 2 aliphatic heterocycles. The second kappa shape index (κ2) is 15.7. The third kappa shape index (κ3) is 7.71. The molecule has 6 rings (SSSR count). The molecule has 3 aromatic carbocycles. The van der Waals surface area contributed by atoms with Gasteiger partial charge in [0.15, 0.2) is 0 Å². The first-order chi connectivity index (χ1) is 25.7. The van der Waals surface area contributed by atoms with E-state index in [4.69, 9.17) is 37.9 Å². The maximum atomic E-state index is 15.3. The molecule has 1 aromatic heterocycles. The van der Waals surface area contributed by atoms with Crippen molar-refractivity contribution in [3.05, 3.63) is 129 Å². The Kier molecular flexibility index (Phi) is 11.4. The van der Waals surface area contributed by atoms with Crippen LogP contribution in [0.15, 0.2) is 90.1 Å². The van der Waals surface area contributed by atoms with Crippen LogP contribution in [0.2, 0.25) is 10.0 Å². The van der Waals surface area contributed by atoms with Crippen LogP contribution in [-0.2, 0) is 27.8 Å². The largest absolute Gasteiger partial charge is 0.493 e. The first-order valence-electron chi connectivity index (χ1n) is 18.5. The minimum atomic E-state index is -1.06. The summed E-state index contributed by atoms with van der Waals surface area (Å²) in [4.78, 5) is 42.2. The standard InChI is InChI=1S/C43H48Cl2FN5O3/c1-7-54-36-25-37(41(2,3)4)47-27-34(36)39-49-42(5,30-12-16-32(44)17-13-30)43(6,31-14-18-33(45)19-15-31)51(39)40(53)50-22-20-28(21-23-50)24-38(52)48-26-29-10-8-9-11-35(29)46/h8-19,25,27-28H,7,20-24,26H2,1-6H3,(H,48,52)/t42-,43+/m0/s1. The van der Waals surface area contributed by atoms with Gasteiger partial charge in [-0.15, -0.1) is 0 Å². The number of pyridine rings is 1. The number of rotatable bonds is 9. The zero-order valence-electron chi connectivity index (χ0n) is 31.8. The third-order valence-electron chi connectivity index (χ3n) is 10.9. The Morgan fingerprint density at radius 3 is 2.15 bits per heavy atom. The lowest BCUT2D eigenvalue weighted by molar-refractivity contribution is -0.122. The number of carbonyl (C=O) groups is 2. The number of carbonyl (C=O) groups excluding carboxylic acids is 2. The van der Waals surface area contributed by atoms with E-state index in [1.54, 1.807) is 24.4 Å². The van der Waals surface area contributed by atoms with Gasteiger partial charge in [0.1, 0.15) is 28.5 Å². The number of halogens is 3. The molecule has 3 heterocycles. The number of benzene rings is 3. The summed E-state index contributed by atoms with van der Waals surface area (Å²) in [6.07, 6.45) is 3.34. The van der Waals surface area contributed by atoms with Crippen molar-refractivity contribution in [1.82, 2.24) is 20.1 Å². The molecule has 0 saturated carbocycles. The third-order valence-corrected chi connectivity index (χ3v) is 11.4. The number of aliphatic imine (C=N–C) groups is 1. The van der Waals surface area contributed by atoms with Gasteiger partial charge >= 0.3 is 6.03 Å². The predicted octanol–water partition coefficient (Wildman–Crippen LogP) is 9.66. The van der Waals surface area contributed by atoms with Crippen LogP contribution >= 0.6 is 23.2 Å². The molecule has 0 spiro atoms. The first-order valence-corrected chi connectivity index (χ1v) is 19.3. The topological polar surface area (TPSA) is 87.1 Å². The van der Waals surface area contributed by atoms with Crippen LogP contribution in [0.3, 0.4) is 0 Å². The van der Waals surface area contributed by atoms with Gasteiger partial charge in [-0.1, -0.05) is 86.4 Å². The molecule has 3 amide bonds. The first kappa shape index (κ1) is 39.2. The number of hydrogen-bond acceptors (Lipinski definition) is 5. The van der Waals surface area contributed by atoms with E-state index in [0.29, 0.717) is 71.7 Å². The zero-order chi connectivity index (χ0) is 38.8. The van der Waals surface area contributed by atoms with E-state index in [1.807, 2.05) is 85.2 Å². The average Bonchev–Trinajstić information content (AvgIpc) is 3.39.